The second-order valence-corrected chi connectivity index (χ2v) is 7.47. The van der Waals surface area contributed by atoms with Gasteiger partial charge in [0.2, 0.25) is 0 Å². The van der Waals surface area contributed by atoms with E-state index in [0.717, 1.165) is 43.9 Å². The first-order valence-electron chi connectivity index (χ1n) is 9.67. The van der Waals surface area contributed by atoms with Gasteiger partial charge in [0, 0.05) is 48.9 Å². The van der Waals surface area contributed by atoms with Crippen LogP contribution in [-0.2, 0) is 0 Å². The molecule has 11 heteroatoms. The maximum Gasteiger partial charge on any atom is 0.573 e. The van der Waals surface area contributed by atoms with E-state index in [1.54, 1.807) is 18.5 Å². The number of hydrogen-bond acceptors (Lipinski definition) is 6. The number of benzene rings is 1. The van der Waals surface area contributed by atoms with Crippen molar-refractivity contribution in [2.24, 2.45) is 0 Å². The van der Waals surface area contributed by atoms with Crippen LogP contribution in [0.2, 0.25) is 5.02 Å². The lowest BCUT2D eigenvalue weighted by atomic mass is 10.1. The molecule has 1 aliphatic heterocycles. The Balaban J connectivity index is 1.60. The van der Waals surface area contributed by atoms with Crippen LogP contribution in [0.4, 0.5) is 24.7 Å². The number of pyridine rings is 1. The fourth-order valence-corrected chi connectivity index (χ4v) is 3.62. The van der Waals surface area contributed by atoms with E-state index >= 15 is 0 Å². The van der Waals surface area contributed by atoms with Gasteiger partial charge in [-0.2, -0.15) is 0 Å². The fraction of sp³-hybridized carbons (Fsp3) is 0.238. The summed E-state index contributed by atoms with van der Waals surface area (Å²) in [7, 11) is 0. The van der Waals surface area contributed by atoms with Crippen molar-refractivity contribution in [3.63, 3.8) is 0 Å². The van der Waals surface area contributed by atoms with Crippen LogP contribution in [0.15, 0.2) is 49.2 Å². The molecule has 0 bridgehead atoms. The second-order valence-electron chi connectivity index (χ2n) is 7.06. The van der Waals surface area contributed by atoms with Crippen molar-refractivity contribution in [2.75, 3.05) is 23.3 Å². The molecule has 3 heterocycles. The largest absolute Gasteiger partial charge is 0.573 e. The van der Waals surface area contributed by atoms with Crippen LogP contribution in [0.25, 0.3) is 11.1 Å². The predicted molar refractivity (Wildman–Crippen MR) is 113 cm³/mol. The number of halogens is 4. The monoisotopic (exact) mass is 463 g/mol. The van der Waals surface area contributed by atoms with Gasteiger partial charge in [0.25, 0.3) is 5.91 Å². The number of hydrogen-bond donors (Lipinski definition) is 1. The standard InChI is InChI=1S/C21H17ClF3N5O2/c22-17-8-15(32-21(23,24)25)3-4-18(17)29-20(31)13-7-16(14-9-26-12-27-10-14)19(28-11-13)30-5-1-2-6-30/h3-4,7-12H,1-2,5-6H2,(H,29,31). The quantitative estimate of drug-likeness (QED) is 0.577. The minimum atomic E-state index is -4.84. The van der Waals surface area contributed by atoms with Crippen molar-refractivity contribution in [2.45, 2.75) is 19.2 Å². The number of anilines is 2. The summed E-state index contributed by atoms with van der Waals surface area (Å²) in [6, 6.07) is 4.96. The van der Waals surface area contributed by atoms with E-state index in [2.05, 4.69) is 29.9 Å². The maximum atomic E-state index is 12.8. The summed E-state index contributed by atoms with van der Waals surface area (Å²) in [5, 5.41) is 2.49. The minimum Gasteiger partial charge on any atom is -0.406 e. The summed E-state index contributed by atoms with van der Waals surface area (Å²) in [5.41, 5.74) is 1.81. The number of rotatable bonds is 5. The third-order valence-corrected chi connectivity index (χ3v) is 5.14. The van der Waals surface area contributed by atoms with E-state index < -0.39 is 18.0 Å². The number of nitrogens with one attached hydrogen (secondary N) is 1. The molecule has 1 amide bonds. The molecule has 1 fully saturated rings. The van der Waals surface area contributed by atoms with Gasteiger partial charge in [-0.25, -0.2) is 15.0 Å². The number of carbonyl (C=O) groups is 1. The third-order valence-electron chi connectivity index (χ3n) is 4.83. The normalized spacial score (nSPS) is 13.8. The maximum absolute atomic E-state index is 12.8. The zero-order valence-corrected chi connectivity index (χ0v) is 17.3. The third kappa shape index (κ3) is 5.08. The molecule has 2 aromatic heterocycles. The molecule has 1 aromatic carbocycles. The molecular formula is C21H17ClF3N5O2. The number of aromatic nitrogens is 3. The van der Waals surface area contributed by atoms with Crippen LogP contribution >= 0.6 is 11.6 Å². The Morgan fingerprint density at radius 2 is 1.81 bits per heavy atom. The number of ether oxygens (including phenoxy) is 1. The van der Waals surface area contributed by atoms with Gasteiger partial charge >= 0.3 is 6.36 Å². The van der Waals surface area contributed by atoms with Crippen molar-refractivity contribution in [3.05, 3.63) is 59.8 Å². The zero-order valence-electron chi connectivity index (χ0n) is 16.6. The van der Waals surface area contributed by atoms with Crippen LogP contribution < -0.4 is 15.0 Å². The fourth-order valence-electron chi connectivity index (χ4n) is 3.40. The molecule has 4 rings (SSSR count). The van der Waals surface area contributed by atoms with Crippen molar-refractivity contribution in [1.82, 2.24) is 15.0 Å². The van der Waals surface area contributed by atoms with Crippen LogP contribution in [0.1, 0.15) is 23.2 Å². The highest BCUT2D eigenvalue weighted by molar-refractivity contribution is 6.34. The number of amides is 1. The highest BCUT2D eigenvalue weighted by Crippen LogP contribution is 2.33. The minimum absolute atomic E-state index is 0.0987. The van der Waals surface area contributed by atoms with Gasteiger partial charge in [-0.05, 0) is 31.0 Å². The summed E-state index contributed by atoms with van der Waals surface area (Å²) in [6.45, 7) is 1.72. The van der Waals surface area contributed by atoms with E-state index in [1.165, 1.54) is 18.6 Å². The van der Waals surface area contributed by atoms with Crippen LogP contribution in [-0.4, -0.2) is 40.3 Å². The Hall–Kier alpha value is -3.40. The number of nitrogens with zero attached hydrogens (tertiary/aromatic N) is 4. The Labute approximate surface area is 186 Å². The van der Waals surface area contributed by atoms with E-state index in [9.17, 15) is 18.0 Å². The molecule has 0 radical (unpaired) electrons. The van der Waals surface area contributed by atoms with E-state index in [-0.39, 0.29) is 16.3 Å². The van der Waals surface area contributed by atoms with Gasteiger partial charge in [0.15, 0.2) is 0 Å². The summed E-state index contributed by atoms with van der Waals surface area (Å²) in [6.07, 6.45) is 3.42. The molecular weight excluding hydrogens is 447 g/mol. The molecule has 32 heavy (non-hydrogen) atoms. The molecule has 1 N–H and O–H groups in total. The van der Waals surface area contributed by atoms with Gasteiger partial charge < -0.3 is 15.0 Å². The van der Waals surface area contributed by atoms with Crippen molar-refractivity contribution in [1.29, 1.82) is 0 Å². The number of alkyl halides is 3. The molecule has 166 valence electrons. The average molecular weight is 464 g/mol. The van der Waals surface area contributed by atoms with E-state index in [0.29, 0.717) is 11.1 Å². The molecule has 7 nitrogen and oxygen atoms in total. The van der Waals surface area contributed by atoms with Gasteiger partial charge in [0.1, 0.15) is 17.9 Å². The molecule has 1 saturated heterocycles. The smallest absolute Gasteiger partial charge is 0.406 e. The Morgan fingerprint density at radius 1 is 1.09 bits per heavy atom. The average Bonchev–Trinajstić information content (AvgIpc) is 3.29. The SMILES string of the molecule is O=C(Nc1ccc(OC(F)(F)F)cc1Cl)c1cnc(N2CCCC2)c(-c2cncnc2)c1. The van der Waals surface area contributed by atoms with Gasteiger partial charge in [0.05, 0.1) is 16.3 Å². The molecule has 3 aromatic rings. The van der Waals surface area contributed by atoms with Crippen LogP contribution in [0, 0.1) is 0 Å². The summed E-state index contributed by atoms with van der Waals surface area (Å²) < 4.78 is 40.9. The molecule has 0 spiro atoms. The first-order chi connectivity index (χ1) is 15.3. The summed E-state index contributed by atoms with van der Waals surface area (Å²) >= 11 is 6.03. The van der Waals surface area contributed by atoms with E-state index in [1.807, 2.05) is 0 Å². The van der Waals surface area contributed by atoms with Crippen molar-refractivity contribution in [3.8, 4) is 16.9 Å². The second kappa shape index (κ2) is 8.99. The first-order valence-corrected chi connectivity index (χ1v) is 10.0. The van der Waals surface area contributed by atoms with Crippen molar-refractivity contribution < 1.29 is 22.7 Å². The Bertz CT molecular complexity index is 1120. The Morgan fingerprint density at radius 3 is 2.47 bits per heavy atom. The first kappa shape index (κ1) is 21.8. The van der Waals surface area contributed by atoms with E-state index in [4.69, 9.17) is 11.6 Å². The van der Waals surface area contributed by atoms with Crippen LogP contribution in [0.5, 0.6) is 5.75 Å². The highest BCUT2D eigenvalue weighted by atomic mass is 35.5. The van der Waals surface area contributed by atoms with Gasteiger partial charge in [-0.3, -0.25) is 4.79 Å². The Kier molecular flexibility index (Phi) is 6.13. The molecule has 1 aliphatic rings. The number of carbonyl (C=O) groups excluding carboxylic acids is 1. The predicted octanol–water partition coefficient (Wildman–Crippen LogP) is 4.94. The molecule has 0 aliphatic carbocycles. The lowest BCUT2D eigenvalue weighted by Gasteiger charge is -2.20. The topological polar surface area (TPSA) is 80.2 Å². The van der Waals surface area contributed by atoms with Gasteiger partial charge in [-0.1, -0.05) is 11.6 Å². The van der Waals surface area contributed by atoms with Gasteiger partial charge in [-0.15, -0.1) is 13.2 Å². The zero-order chi connectivity index (χ0) is 22.7. The summed E-state index contributed by atoms with van der Waals surface area (Å²) in [5.74, 6) is -0.265. The van der Waals surface area contributed by atoms with Crippen LogP contribution in [0.3, 0.4) is 0 Å². The van der Waals surface area contributed by atoms with Crippen molar-refractivity contribution >= 4 is 29.0 Å². The highest BCUT2D eigenvalue weighted by Gasteiger charge is 2.31. The molecule has 0 saturated carbocycles. The summed E-state index contributed by atoms with van der Waals surface area (Å²) in [4.78, 5) is 27.6. The lowest BCUT2D eigenvalue weighted by molar-refractivity contribution is -0.274. The lowest BCUT2D eigenvalue weighted by Crippen LogP contribution is -2.21. The molecule has 0 atom stereocenters. The molecule has 0 unspecified atom stereocenters.